The number of nitrogens with one attached hydrogen (secondary N) is 1. The fourth-order valence-corrected chi connectivity index (χ4v) is 4.13. The maximum atomic E-state index is 12.6. The van der Waals surface area contributed by atoms with E-state index in [2.05, 4.69) is 10.4 Å². The summed E-state index contributed by atoms with van der Waals surface area (Å²) < 4.78 is 7.19. The summed E-state index contributed by atoms with van der Waals surface area (Å²) in [6.45, 7) is 3.43. The van der Waals surface area contributed by atoms with Gasteiger partial charge in [-0.15, -0.1) is 11.3 Å². The first kappa shape index (κ1) is 20.1. The number of carbonyl (C=O) groups excluding carboxylic acids is 2. The van der Waals surface area contributed by atoms with Crippen molar-refractivity contribution in [2.75, 3.05) is 5.32 Å². The van der Waals surface area contributed by atoms with Crippen LogP contribution in [0.1, 0.15) is 22.3 Å². The van der Waals surface area contributed by atoms with Crippen molar-refractivity contribution >= 4 is 50.7 Å². The average Bonchev–Trinajstić information content (AvgIpc) is 3.31. The normalized spacial score (nSPS) is 12.0. The van der Waals surface area contributed by atoms with Crippen LogP contribution in [-0.2, 0) is 9.53 Å². The predicted molar refractivity (Wildman–Crippen MR) is 119 cm³/mol. The largest absolute Gasteiger partial charge is 0.448 e. The van der Waals surface area contributed by atoms with Gasteiger partial charge < -0.3 is 10.1 Å². The molecule has 0 bridgehead atoms. The zero-order chi connectivity index (χ0) is 21.3. The van der Waals surface area contributed by atoms with Gasteiger partial charge in [-0.1, -0.05) is 29.8 Å². The van der Waals surface area contributed by atoms with Crippen molar-refractivity contribution in [2.24, 2.45) is 0 Å². The molecular weight excluding hydrogens is 422 g/mol. The van der Waals surface area contributed by atoms with E-state index in [1.54, 1.807) is 30.3 Å². The Labute approximate surface area is 182 Å². The number of fused-ring (bicyclic) bond motifs is 1. The number of benzene rings is 2. The number of anilines is 1. The lowest BCUT2D eigenvalue weighted by Gasteiger charge is -2.13. The fraction of sp³-hybridized carbons (Fsp3) is 0.136. The number of nitrogens with zero attached hydrogens (tertiary/aromatic N) is 2. The zero-order valence-corrected chi connectivity index (χ0v) is 17.8. The summed E-state index contributed by atoms with van der Waals surface area (Å²) in [7, 11) is 0. The van der Waals surface area contributed by atoms with Gasteiger partial charge in [0.2, 0.25) is 0 Å². The van der Waals surface area contributed by atoms with Crippen molar-refractivity contribution in [1.29, 1.82) is 0 Å². The molecule has 4 aromatic rings. The standard InChI is InChI=1S/C22H18ClN3O3S/c1-13-18-12-19(30-21(18)26(25-13)17-6-4-3-5-7-17)22(28)29-14(2)20(27)24-16-10-8-15(23)9-11-16/h3-12,14H,1-2H3,(H,24,27)/t14-/m1/s1. The van der Waals surface area contributed by atoms with Crippen LogP contribution in [0.3, 0.4) is 0 Å². The van der Waals surface area contributed by atoms with Crippen LogP contribution in [-0.4, -0.2) is 27.8 Å². The Morgan fingerprint density at radius 1 is 1.13 bits per heavy atom. The van der Waals surface area contributed by atoms with Gasteiger partial charge in [-0.05, 0) is 56.3 Å². The minimum Gasteiger partial charge on any atom is -0.448 e. The maximum absolute atomic E-state index is 12.6. The molecule has 0 fully saturated rings. The number of rotatable bonds is 5. The summed E-state index contributed by atoms with van der Waals surface area (Å²) >= 11 is 7.13. The summed E-state index contributed by atoms with van der Waals surface area (Å²) in [6, 6.07) is 18.2. The molecule has 0 saturated heterocycles. The molecular formula is C22H18ClN3O3S. The van der Waals surface area contributed by atoms with Gasteiger partial charge in [-0.3, -0.25) is 4.79 Å². The Hall–Kier alpha value is -3.16. The SMILES string of the molecule is Cc1nn(-c2ccccc2)c2sc(C(=O)O[C@H](C)C(=O)Nc3ccc(Cl)cc3)cc12. The Morgan fingerprint density at radius 3 is 2.53 bits per heavy atom. The Morgan fingerprint density at radius 2 is 1.83 bits per heavy atom. The van der Waals surface area contributed by atoms with Gasteiger partial charge in [0.25, 0.3) is 5.91 Å². The van der Waals surface area contributed by atoms with Crippen LogP contribution in [0.5, 0.6) is 0 Å². The van der Waals surface area contributed by atoms with E-state index in [-0.39, 0.29) is 0 Å². The smallest absolute Gasteiger partial charge is 0.349 e. The second-order valence-electron chi connectivity index (χ2n) is 6.71. The number of hydrogen-bond donors (Lipinski definition) is 1. The van der Waals surface area contributed by atoms with Crippen LogP contribution in [0.15, 0.2) is 60.7 Å². The van der Waals surface area contributed by atoms with Crippen LogP contribution in [0, 0.1) is 6.92 Å². The molecule has 0 aliphatic carbocycles. The molecule has 152 valence electrons. The molecule has 0 radical (unpaired) electrons. The Kier molecular flexibility index (Phi) is 5.57. The zero-order valence-electron chi connectivity index (χ0n) is 16.3. The molecule has 1 amide bonds. The molecule has 0 spiro atoms. The minimum absolute atomic E-state index is 0.418. The van der Waals surface area contributed by atoms with Gasteiger partial charge in [-0.25, -0.2) is 9.48 Å². The Balaban J connectivity index is 1.50. The second kappa shape index (κ2) is 8.30. The second-order valence-corrected chi connectivity index (χ2v) is 8.17. The Bertz CT molecular complexity index is 1220. The first-order valence-electron chi connectivity index (χ1n) is 9.24. The summed E-state index contributed by atoms with van der Waals surface area (Å²) in [5.41, 5.74) is 2.30. The van der Waals surface area contributed by atoms with Gasteiger partial charge in [0.05, 0.1) is 11.4 Å². The molecule has 8 heteroatoms. The predicted octanol–water partition coefficient (Wildman–Crippen LogP) is 5.23. The fourth-order valence-electron chi connectivity index (χ4n) is 2.94. The number of amides is 1. The van der Waals surface area contributed by atoms with E-state index in [4.69, 9.17) is 16.3 Å². The molecule has 0 saturated carbocycles. The maximum Gasteiger partial charge on any atom is 0.349 e. The third-order valence-electron chi connectivity index (χ3n) is 4.51. The van der Waals surface area contributed by atoms with Gasteiger partial charge in [0, 0.05) is 16.1 Å². The molecule has 1 N–H and O–H groups in total. The summed E-state index contributed by atoms with van der Waals surface area (Å²) in [6.07, 6.45) is -0.954. The molecule has 2 aromatic heterocycles. The molecule has 4 rings (SSSR count). The lowest BCUT2D eigenvalue weighted by atomic mass is 10.3. The molecule has 1 atom stereocenters. The first-order valence-corrected chi connectivity index (χ1v) is 10.4. The average molecular weight is 440 g/mol. The number of esters is 1. The molecule has 6 nitrogen and oxygen atoms in total. The summed E-state index contributed by atoms with van der Waals surface area (Å²) in [5, 5.41) is 8.72. The number of para-hydroxylation sites is 1. The third-order valence-corrected chi connectivity index (χ3v) is 5.85. The molecule has 0 aliphatic rings. The number of ether oxygens (including phenoxy) is 1. The molecule has 0 unspecified atom stereocenters. The highest BCUT2D eigenvalue weighted by Gasteiger charge is 2.22. The van der Waals surface area contributed by atoms with E-state index in [0.717, 1.165) is 21.6 Å². The lowest BCUT2D eigenvalue weighted by molar-refractivity contribution is -0.123. The molecule has 2 heterocycles. The van der Waals surface area contributed by atoms with E-state index >= 15 is 0 Å². The van der Waals surface area contributed by atoms with E-state index in [9.17, 15) is 9.59 Å². The number of thiophene rings is 1. The number of hydrogen-bond acceptors (Lipinski definition) is 5. The van der Waals surface area contributed by atoms with Gasteiger partial charge in [0.1, 0.15) is 9.71 Å². The van der Waals surface area contributed by atoms with Gasteiger partial charge >= 0.3 is 5.97 Å². The van der Waals surface area contributed by atoms with Crippen molar-refractivity contribution in [3.8, 4) is 5.69 Å². The van der Waals surface area contributed by atoms with Gasteiger partial charge in [-0.2, -0.15) is 5.10 Å². The van der Waals surface area contributed by atoms with Crippen LogP contribution in [0.25, 0.3) is 15.9 Å². The molecule has 2 aromatic carbocycles. The highest BCUT2D eigenvalue weighted by atomic mass is 35.5. The molecule has 0 aliphatic heterocycles. The van der Waals surface area contributed by atoms with Crippen molar-refractivity contribution < 1.29 is 14.3 Å². The lowest BCUT2D eigenvalue weighted by Crippen LogP contribution is -2.29. The highest BCUT2D eigenvalue weighted by Crippen LogP contribution is 2.31. The topological polar surface area (TPSA) is 73.2 Å². The number of aromatic nitrogens is 2. The number of aryl methyl sites for hydroxylation is 1. The first-order chi connectivity index (χ1) is 14.4. The monoisotopic (exact) mass is 439 g/mol. The van der Waals surface area contributed by atoms with E-state index in [0.29, 0.717) is 15.6 Å². The van der Waals surface area contributed by atoms with Crippen molar-refractivity contribution in [3.05, 3.63) is 76.3 Å². The summed E-state index contributed by atoms with van der Waals surface area (Å²) in [5.74, 6) is -0.965. The molecule has 30 heavy (non-hydrogen) atoms. The minimum atomic E-state index is -0.954. The van der Waals surface area contributed by atoms with E-state index in [1.165, 1.54) is 18.3 Å². The van der Waals surface area contributed by atoms with Crippen LogP contribution < -0.4 is 5.32 Å². The quantitative estimate of drug-likeness (QED) is 0.432. The van der Waals surface area contributed by atoms with Crippen molar-refractivity contribution in [3.63, 3.8) is 0 Å². The van der Waals surface area contributed by atoms with E-state index < -0.39 is 18.0 Å². The number of carbonyl (C=O) groups is 2. The van der Waals surface area contributed by atoms with Gasteiger partial charge in [0.15, 0.2) is 6.10 Å². The number of halogens is 1. The third kappa shape index (κ3) is 4.08. The van der Waals surface area contributed by atoms with Crippen LogP contribution >= 0.6 is 22.9 Å². The van der Waals surface area contributed by atoms with Crippen molar-refractivity contribution in [2.45, 2.75) is 20.0 Å². The van der Waals surface area contributed by atoms with Crippen LogP contribution in [0.4, 0.5) is 5.69 Å². The summed E-state index contributed by atoms with van der Waals surface area (Å²) in [4.78, 5) is 26.3. The van der Waals surface area contributed by atoms with Crippen LogP contribution in [0.2, 0.25) is 5.02 Å². The van der Waals surface area contributed by atoms with E-state index in [1.807, 2.05) is 41.9 Å². The highest BCUT2D eigenvalue weighted by molar-refractivity contribution is 7.20. The van der Waals surface area contributed by atoms with Crippen molar-refractivity contribution in [1.82, 2.24) is 9.78 Å².